The Kier molecular flexibility index (Phi) is 6.20. The predicted molar refractivity (Wildman–Crippen MR) is 123 cm³/mol. The fourth-order valence-electron chi connectivity index (χ4n) is 3.89. The lowest BCUT2D eigenvalue weighted by Gasteiger charge is -2.17. The van der Waals surface area contributed by atoms with E-state index in [1.165, 1.54) is 24.0 Å². The molecule has 0 unspecified atom stereocenters. The third-order valence-electron chi connectivity index (χ3n) is 5.47. The first-order valence-electron chi connectivity index (χ1n) is 10.4. The van der Waals surface area contributed by atoms with Gasteiger partial charge in [-0.25, -0.2) is 4.68 Å². The molecule has 1 fully saturated rings. The molecule has 4 rings (SSSR count). The van der Waals surface area contributed by atoms with Crippen molar-refractivity contribution in [2.45, 2.75) is 33.0 Å². The first-order chi connectivity index (χ1) is 14.5. The summed E-state index contributed by atoms with van der Waals surface area (Å²) in [5.74, 6) is 1.81. The molecule has 0 atom stereocenters. The van der Waals surface area contributed by atoms with Crippen LogP contribution in [0.4, 0.5) is 5.95 Å². The topological polar surface area (TPSA) is 38.5 Å². The predicted octanol–water partition coefficient (Wildman–Crippen LogP) is 4.41. The van der Waals surface area contributed by atoms with Crippen molar-refractivity contribution >= 4 is 18.2 Å². The lowest BCUT2D eigenvalue weighted by atomic mass is 10.2. The van der Waals surface area contributed by atoms with Crippen LogP contribution in [0, 0.1) is 11.7 Å². The van der Waals surface area contributed by atoms with Gasteiger partial charge in [-0.2, -0.15) is 0 Å². The molecule has 1 aliphatic heterocycles. The van der Waals surface area contributed by atoms with Crippen LogP contribution in [-0.2, 0) is 13.2 Å². The second kappa shape index (κ2) is 9.02. The molecular formula is C23H29N5OS. The number of hydrogen-bond acceptors (Lipinski definition) is 5. The van der Waals surface area contributed by atoms with Gasteiger partial charge in [0.2, 0.25) is 10.7 Å². The molecule has 0 N–H and O–H groups in total. The third kappa shape index (κ3) is 4.42. The van der Waals surface area contributed by atoms with E-state index in [2.05, 4.69) is 64.7 Å². The van der Waals surface area contributed by atoms with Gasteiger partial charge in [-0.1, -0.05) is 29.8 Å². The molecule has 158 valence electrons. The van der Waals surface area contributed by atoms with Gasteiger partial charge in [-0.15, -0.1) is 5.10 Å². The molecule has 1 saturated heterocycles. The number of nitrogens with zero attached hydrogens (tertiary/aromatic N) is 5. The Morgan fingerprint density at radius 1 is 1.10 bits per heavy atom. The smallest absolute Gasteiger partial charge is 0.230 e. The van der Waals surface area contributed by atoms with Crippen molar-refractivity contribution in [1.82, 2.24) is 19.2 Å². The van der Waals surface area contributed by atoms with E-state index < -0.39 is 0 Å². The summed E-state index contributed by atoms with van der Waals surface area (Å²) in [5.41, 5.74) is 3.49. The molecule has 1 aliphatic rings. The van der Waals surface area contributed by atoms with Gasteiger partial charge in [-0.05, 0) is 68.9 Å². The van der Waals surface area contributed by atoms with Crippen LogP contribution in [0.15, 0.2) is 48.5 Å². The van der Waals surface area contributed by atoms with E-state index in [0.29, 0.717) is 6.67 Å². The van der Waals surface area contributed by atoms with Gasteiger partial charge in [0.25, 0.3) is 0 Å². The molecule has 2 aromatic carbocycles. The molecule has 0 aliphatic carbocycles. The zero-order valence-electron chi connectivity index (χ0n) is 17.9. The Bertz CT molecular complexity index is 1050. The number of aromatic nitrogens is 3. The van der Waals surface area contributed by atoms with E-state index in [-0.39, 0.29) is 0 Å². The van der Waals surface area contributed by atoms with Crippen molar-refractivity contribution in [3.05, 3.63) is 64.4 Å². The molecule has 0 amide bonds. The molecule has 0 saturated carbocycles. The summed E-state index contributed by atoms with van der Waals surface area (Å²) in [7, 11) is 3.78. The highest BCUT2D eigenvalue weighted by Gasteiger charge is 2.22. The minimum atomic E-state index is 0.621. The minimum absolute atomic E-state index is 0.621. The van der Waals surface area contributed by atoms with Gasteiger partial charge in [-0.3, -0.25) is 9.47 Å². The van der Waals surface area contributed by atoms with Gasteiger partial charge in [0, 0.05) is 19.6 Å². The first-order valence-corrected chi connectivity index (χ1v) is 10.8. The van der Waals surface area contributed by atoms with Crippen molar-refractivity contribution in [2.24, 2.45) is 0 Å². The zero-order chi connectivity index (χ0) is 21.1. The lowest BCUT2D eigenvalue weighted by molar-refractivity contribution is 0.244. The van der Waals surface area contributed by atoms with Crippen LogP contribution < -0.4 is 9.64 Å². The van der Waals surface area contributed by atoms with Gasteiger partial charge < -0.3 is 9.64 Å². The SMILES string of the molecule is COc1cccc(CN(C)Cn2nc(N3CCCC3)n(-c3ccc(C)cc3)c2=S)c1. The van der Waals surface area contributed by atoms with E-state index in [4.69, 9.17) is 22.1 Å². The molecule has 6 nitrogen and oxygen atoms in total. The van der Waals surface area contributed by atoms with E-state index >= 15 is 0 Å². The van der Waals surface area contributed by atoms with Gasteiger partial charge in [0.1, 0.15) is 5.75 Å². The molecule has 2 heterocycles. The minimum Gasteiger partial charge on any atom is -0.497 e. The zero-order valence-corrected chi connectivity index (χ0v) is 18.7. The molecule has 3 aromatic rings. The number of hydrogen-bond donors (Lipinski definition) is 0. The Labute approximate surface area is 183 Å². The molecule has 1 aromatic heterocycles. The Hall–Kier alpha value is -2.64. The summed E-state index contributed by atoms with van der Waals surface area (Å²) < 4.78 is 10.1. The number of anilines is 1. The summed E-state index contributed by atoms with van der Waals surface area (Å²) >= 11 is 5.88. The van der Waals surface area contributed by atoms with E-state index in [0.717, 1.165) is 41.8 Å². The Morgan fingerprint density at radius 3 is 2.53 bits per heavy atom. The molecule has 30 heavy (non-hydrogen) atoms. The molecule has 0 bridgehead atoms. The molecule has 0 spiro atoms. The van der Waals surface area contributed by atoms with Crippen molar-refractivity contribution in [2.75, 3.05) is 32.1 Å². The fraction of sp³-hybridized carbons (Fsp3) is 0.391. The van der Waals surface area contributed by atoms with E-state index in [9.17, 15) is 0 Å². The maximum Gasteiger partial charge on any atom is 0.230 e. The highest BCUT2D eigenvalue weighted by atomic mass is 32.1. The maximum atomic E-state index is 5.88. The second-order valence-corrected chi connectivity index (χ2v) is 8.32. The number of methoxy groups -OCH3 is 1. The summed E-state index contributed by atoms with van der Waals surface area (Å²) in [6, 6.07) is 16.6. The van der Waals surface area contributed by atoms with Crippen LogP contribution in [0.5, 0.6) is 5.75 Å². The molecule has 0 radical (unpaired) electrons. The van der Waals surface area contributed by atoms with Gasteiger partial charge >= 0.3 is 0 Å². The third-order valence-corrected chi connectivity index (χ3v) is 5.86. The largest absolute Gasteiger partial charge is 0.497 e. The standard InChI is InChI=1S/C23H29N5OS/c1-18-9-11-20(12-10-18)28-22(26-13-4-5-14-26)24-27(23(28)30)17-25(2)16-19-7-6-8-21(15-19)29-3/h6-12,15H,4-5,13-14,16-17H2,1-3H3. The molecular weight excluding hydrogens is 394 g/mol. The quantitative estimate of drug-likeness (QED) is 0.526. The number of benzene rings is 2. The lowest BCUT2D eigenvalue weighted by Crippen LogP contribution is -2.23. The molecule has 7 heteroatoms. The van der Waals surface area contributed by atoms with Gasteiger partial charge in [0.15, 0.2) is 0 Å². The monoisotopic (exact) mass is 423 g/mol. The van der Waals surface area contributed by atoms with Crippen LogP contribution in [0.3, 0.4) is 0 Å². The van der Waals surface area contributed by atoms with Crippen molar-refractivity contribution < 1.29 is 4.74 Å². The van der Waals surface area contributed by atoms with Crippen LogP contribution in [-0.4, -0.2) is 46.5 Å². The number of ether oxygens (including phenoxy) is 1. The highest BCUT2D eigenvalue weighted by Crippen LogP contribution is 2.24. The van der Waals surface area contributed by atoms with Crippen LogP contribution in [0.1, 0.15) is 24.0 Å². The van der Waals surface area contributed by atoms with Crippen molar-refractivity contribution in [3.63, 3.8) is 0 Å². The van der Waals surface area contributed by atoms with Crippen LogP contribution >= 0.6 is 12.2 Å². The number of aryl methyl sites for hydroxylation is 1. The summed E-state index contributed by atoms with van der Waals surface area (Å²) in [5, 5.41) is 4.94. The highest BCUT2D eigenvalue weighted by molar-refractivity contribution is 7.71. The summed E-state index contributed by atoms with van der Waals surface area (Å²) in [6.45, 7) is 5.56. The van der Waals surface area contributed by atoms with Crippen LogP contribution in [0.2, 0.25) is 0 Å². The van der Waals surface area contributed by atoms with Crippen LogP contribution in [0.25, 0.3) is 5.69 Å². The van der Waals surface area contributed by atoms with Crippen molar-refractivity contribution in [3.8, 4) is 11.4 Å². The van der Waals surface area contributed by atoms with Crippen molar-refractivity contribution in [1.29, 1.82) is 0 Å². The average Bonchev–Trinajstić information content (AvgIpc) is 3.38. The van der Waals surface area contributed by atoms with E-state index in [1.807, 2.05) is 16.8 Å². The Balaban J connectivity index is 1.62. The average molecular weight is 424 g/mol. The Morgan fingerprint density at radius 2 is 1.83 bits per heavy atom. The van der Waals surface area contributed by atoms with E-state index in [1.54, 1.807) is 7.11 Å². The number of rotatable bonds is 7. The second-order valence-electron chi connectivity index (χ2n) is 7.95. The maximum absolute atomic E-state index is 5.88. The first kappa shape index (κ1) is 20.6. The fourth-order valence-corrected chi connectivity index (χ4v) is 4.18. The van der Waals surface area contributed by atoms with Gasteiger partial charge in [0.05, 0.1) is 19.5 Å². The normalized spacial score (nSPS) is 13.9. The summed E-state index contributed by atoms with van der Waals surface area (Å²) in [6.07, 6.45) is 2.40. The summed E-state index contributed by atoms with van der Waals surface area (Å²) in [4.78, 5) is 4.55.